The van der Waals surface area contributed by atoms with Crippen molar-refractivity contribution in [2.24, 2.45) is 7.05 Å². The molecule has 1 aromatic heterocycles. The monoisotopic (exact) mass is 332 g/mol. The Morgan fingerprint density at radius 3 is 2.59 bits per heavy atom. The van der Waals surface area contributed by atoms with Gasteiger partial charge < -0.3 is 9.88 Å². The molecule has 0 saturated heterocycles. The van der Waals surface area contributed by atoms with Crippen molar-refractivity contribution in [3.05, 3.63) is 35.5 Å². The van der Waals surface area contributed by atoms with Gasteiger partial charge in [-0.25, -0.2) is 0 Å². The number of fused-ring (bicyclic) bond motifs is 1. The summed E-state index contributed by atoms with van der Waals surface area (Å²) in [6.45, 7) is 0.247. The number of carbonyl (C=O) groups is 1. The highest BCUT2D eigenvalue weighted by molar-refractivity contribution is 7.84. The molecular formula is C14H15F3N2O2S. The molecule has 1 atom stereocenters. The Morgan fingerprint density at radius 2 is 2.00 bits per heavy atom. The first kappa shape index (κ1) is 16.5. The van der Waals surface area contributed by atoms with E-state index in [2.05, 4.69) is 5.32 Å². The third-order valence-electron chi connectivity index (χ3n) is 3.28. The Kier molecular flexibility index (Phi) is 4.60. The standard InChI is InChI=1S/C14H15F3N2O2S/c1-19-11-4-3-10(14(15,16)17)7-9(11)8-12(19)13(20)18-5-6-22(2)21/h3-4,7-8H,5-6H2,1-2H3,(H,18,20)/t22-/m0/s1. The van der Waals surface area contributed by atoms with Crippen molar-refractivity contribution < 1.29 is 22.2 Å². The van der Waals surface area contributed by atoms with Crippen LogP contribution < -0.4 is 5.32 Å². The molecule has 8 heteroatoms. The van der Waals surface area contributed by atoms with E-state index in [4.69, 9.17) is 0 Å². The van der Waals surface area contributed by atoms with Crippen LogP contribution in [-0.4, -0.2) is 33.2 Å². The molecule has 0 aliphatic heterocycles. The van der Waals surface area contributed by atoms with E-state index in [1.165, 1.54) is 23.0 Å². The van der Waals surface area contributed by atoms with Crippen LogP contribution in [0.4, 0.5) is 13.2 Å². The van der Waals surface area contributed by atoms with Crippen LogP contribution in [0.2, 0.25) is 0 Å². The number of amides is 1. The summed E-state index contributed by atoms with van der Waals surface area (Å²) in [5, 5.41) is 2.95. The second-order valence-corrected chi connectivity index (χ2v) is 6.45. The first-order chi connectivity index (χ1) is 10.2. The van der Waals surface area contributed by atoms with Crippen molar-refractivity contribution in [1.82, 2.24) is 9.88 Å². The molecule has 1 aromatic carbocycles. The first-order valence-corrected chi connectivity index (χ1v) is 8.18. The molecule has 0 spiro atoms. The van der Waals surface area contributed by atoms with E-state index in [9.17, 15) is 22.2 Å². The molecule has 0 radical (unpaired) electrons. The van der Waals surface area contributed by atoms with Crippen LogP contribution in [0.15, 0.2) is 24.3 Å². The summed E-state index contributed by atoms with van der Waals surface area (Å²) < 4.78 is 50.6. The first-order valence-electron chi connectivity index (χ1n) is 6.45. The zero-order valence-corrected chi connectivity index (χ0v) is 12.8. The third kappa shape index (κ3) is 3.49. The number of nitrogens with zero attached hydrogens (tertiary/aromatic N) is 1. The van der Waals surface area contributed by atoms with E-state index in [1.54, 1.807) is 7.05 Å². The lowest BCUT2D eigenvalue weighted by Gasteiger charge is -2.07. The fourth-order valence-corrected chi connectivity index (χ4v) is 2.53. The molecule has 0 aliphatic carbocycles. The highest BCUT2D eigenvalue weighted by Gasteiger charge is 2.30. The maximum absolute atomic E-state index is 12.7. The van der Waals surface area contributed by atoms with Crippen molar-refractivity contribution in [3.63, 3.8) is 0 Å². The number of hydrogen-bond acceptors (Lipinski definition) is 2. The van der Waals surface area contributed by atoms with E-state index in [0.29, 0.717) is 16.7 Å². The number of carbonyl (C=O) groups excluding carboxylic acids is 1. The zero-order chi connectivity index (χ0) is 16.5. The quantitative estimate of drug-likeness (QED) is 0.934. The summed E-state index contributed by atoms with van der Waals surface area (Å²) in [5.41, 5.74) is 0.0485. The lowest BCUT2D eigenvalue weighted by Crippen LogP contribution is -2.28. The molecule has 0 bridgehead atoms. The van der Waals surface area contributed by atoms with Gasteiger partial charge >= 0.3 is 6.18 Å². The minimum atomic E-state index is -4.42. The summed E-state index contributed by atoms with van der Waals surface area (Å²) in [5.74, 6) is -0.0776. The largest absolute Gasteiger partial charge is 0.416 e. The van der Waals surface area contributed by atoms with Crippen LogP contribution in [-0.2, 0) is 24.0 Å². The van der Waals surface area contributed by atoms with Gasteiger partial charge in [0.05, 0.1) is 5.56 Å². The number of halogens is 3. The van der Waals surface area contributed by atoms with E-state index in [1.807, 2.05) is 0 Å². The lowest BCUT2D eigenvalue weighted by atomic mass is 10.1. The number of aromatic nitrogens is 1. The maximum atomic E-state index is 12.7. The number of nitrogens with one attached hydrogen (secondary N) is 1. The van der Waals surface area contributed by atoms with Crippen LogP contribution in [0.5, 0.6) is 0 Å². The SMILES string of the molecule is Cn1c(C(=O)NCC[S@](C)=O)cc2cc(C(F)(F)F)ccc21. The van der Waals surface area contributed by atoms with Gasteiger partial charge in [0.1, 0.15) is 5.69 Å². The number of aryl methyl sites for hydroxylation is 1. The molecule has 1 amide bonds. The Balaban J connectivity index is 2.30. The highest BCUT2D eigenvalue weighted by Crippen LogP contribution is 2.32. The minimum Gasteiger partial charge on any atom is -0.350 e. The number of alkyl halides is 3. The van der Waals surface area contributed by atoms with Gasteiger partial charge in [0.25, 0.3) is 5.91 Å². The van der Waals surface area contributed by atoms with Crippen molar-refractivity contribution in [3.8, 4) is 0 Å². The smallest absolute Gasteiger partial charge is 0.350 e. The molecule has 2 aromatic rings. The molecule has 120 valence electrons. The van der Waals surface area contributed by atoms with Crippen LogP contribution in [0.1, 0.15) is 16.1 Å². The third-order valence-corrected chi connectivity index (χ3v) is 4.06. The zero-order valence-electron chi connectivity index (χ0n) is 12.0. The van der Waals surface area contributed by atoms with Gasteiger partial charge in [-0.2, -0.15) is 13.2 Å². The van der Waals surface area contributed by atoms with E-state index >= 15 is 0 Å². The van der Waals surface area contributed by atoms with Gasteiger partial charge in [-0.1, -0.05) is 0 Å². The average Bonchev–Trinajstić information content (AvgIpc) is 2.74. The highest BCUT2D eigenvalue weighted by atomic mass is 32.2. The number of rotatable bonds is 4. The molecule has 0 unspecified atom stereocenters. The number of benzene rings is 1. The van der Waals surface area contributed by atoms with Crippen molar-refractivity contribution >= 4 is 27.6 Å². The fraction of sp³-hybridized carbons (Fsp3) is 0.357. The molecule has 22 heavy (non-hydrogen) atoms. The molecule has 2 rings (SSSR count). The van der Waals surface area contributed by atoms with Gasteiger partial charge in [0, 0.05) is 47.3 Å². The van der Waals surface area contributed by atoms with E-state index in [0.717, 1.165) is 12.1 Å². The predicted octanol–water partition coefficient (Wildman–Crippen LogP) is 2.31. The van der Waals surface area contributed by atoms with Gasteiger partial charge in [0.2, 0.25) is 0 Å². The minimum absolute atomic E-state index is 0.247. The Labute approximate surface area is 127 Å². The summed E-state index contributed by atoms with van der Waals surface area (Å²) in [6.07, 6.45) is -2.89. The van der Waals surface area contributed by atoms with Crippen LogP contribution in [0.3, 0.4) is 0 Å². The van der Waals surface area contributed by atoms with Gasteiger partial charge in [0.15, 0.2) is 0 Å². The molecule has 1 N–H and O–H groups in total. The van der Waals surface area contributed by atoms with Crippen molar-refractivity contribution in [2.75, 3.05) is 18.6 Å². The Bertz CT molecular complexity index is 737. The average molecular weight is 332 g/mol. The van der Waals surface area contributed by atoms with Crippen LogP contribution >= 0.6 is 0 Å². The summed E-state index contributed by atoms with van der Waals surface area (Å²) in [4.78, 5) is 12.0. The fourth-order valence-electron chi connectivity index (χ4n) is 2.14. The second-order valence-electron chi connectivity index (χ2n) is 4.89. The Hall–Kier alpha value is -1.83. The van der Waals surface area contributed by atoms with Crippen molar-refractivity contribution in [1.29, 1.82) is 0 Å². The second kappa shape index (κ2) is 6.12. The van der Waals surface area contributed by atoms with Crippen LogP contribution in [0, 0.1) is 0 Å². The van der Waals surface area contributed by atoms with Gasteiger partial charge in [-0.3, -0.25) is 9.00 Å². The van der Waals surface area contributed by atoms with Gasteiger partial charge in [-0.15, -0.1) is 0 Å². The molecule has 1 heterocycles. The Morgan fingerprint density at radius 1 is 1.32 bits per heavy atom. The van der Waals surface area contributed by atoms with Crippen LogP contribution in [0.25, 0.3) is 10.9 Å². The summed E-state index contributed by atoms with van der Waals surface area (Å²) >= 11 is 0. The van der Waals surface area contributed by atoms with Gasteiger partial charge in [-0.05, 0) is 24.3 Å². The van der Waals surface area contributed by atoms with E-state index < -0.39 is 28.4 Å². The molecule has 0 aliphatic rings. The van der Waals surface area contributed by atoms with E-state index in [-0.39, 0.29) is 12.2 Å². The molecule has 0 fully saturated rings. The number of hydrogen-bond donors (Lipinski definition) is 1. The normalized spacial score (nSPS) is 13.3. The molecule has 4 nitrogen and oxygen atoms in total. The summed E-state index contributed by atoms with van der Waals surface area (Å²) in [7, 11) is 0.595. The molecular weight excluding hydrogens is 317 g/mol. The van der Waals surface area contributed by atoms with Crippen molar-refractivity contribution in [2.45, 2.75) is 6.18 Å². The topological polar surface area (TPSA) is 51.1 Å². The lowest BCUT2D eigenvalue weighted by molar-refractivity contribution is -0.137. The summed E-state index contributed by atoms with van der Waals surface area (Å²) in [6, 6.07) is 4.77. The predicted molar refractivity (Wildman–Crippen MR) is 79.2 cm³/mol. The maximum Gasteiger partial charge on any atom is 0.416 e. The molecule has 0 saturated carbocycles.